The first-order valence-corrected chi connectivity index (χ1v) is 6.62. The molecule has 1 N–H and O–H groups in total. The van der Waals surface area contributed by atoms with Crippen LogP contribution >= 0.6 is 11.3 Å². The molecule has 2 aromatic heterocycles. The summed E-state index contributed by atoms with van der Waals surface area (Å²) in [4.78, 5) is 6.21. The van der Waals surface area contributed by atoms with Crippen molar-refractivity contribution in [3.8, 4) is 10.6 Å². The predicted octanol–water partition coefficient (Wildman–Crippen LogP) is 4.82. The Bertz CT molecular complexity index is 688. The van der Waals surface area contributed by atoms with Gasteiger partial charge in [0.05, 0.1) is 10.6 Å². The van der Waals surface area contributed by atoms with Gasteiger partial charge in [-0.3, -0.25) is 0 Å². The molecule has 0 aliphatic carbocycles. The highest BCUT2D eigenvalue weighted by atomic mass is 32.1. The summed E-state index contributed by atoms with van der Waals surface area (Å²) in [5.41, 5.74) is 5.19. The number of aromatic nitrogens is 1. The quantitative estimate of drug-likeness (QED) is 0.628. The summed E-state index contributed by atoms with van der Waals surface area (Å²) in [6.45, 7) is 6.48. The number of fused-ring (bicyclic) bond motifs is 1. The van der Waals surface area contributed by atoms with Crippen LogP contribution in [0.25, 0.3) is 21.5 Å². The molecule has 0 spiro atoms. The zero-order chi connectivity index (χ0) is 12.0. The molecule has 0 saturated heterocycles. The normalized spacial score (nSPS) is 11.2. The first-order valence-electron chi connectivity index (χ1n) is 5.81. The number of H-pyrrole nitrogens is 1. The minimum Gasteiger partial charge on any atom is -0.354 e. The first-order chi connectivity index (χ1) is 8.15. The molecule has 0 radical (unpaired) electrons. The van der Waals surface area contributed by atoms with Crippen LogP contribution in [0.4, 0.5) is 0 Å². The predicted molar refractivity (Wildman–Crippen MR) is 75.8 cm³/mol. The summed E-state index contributed by atoms with van der Waals surface area (Å²) in [7, 11) is 0. The molecule has 0 aliphatic rings. The van der Waals surface area contributed by atoms with E-state index < -0.39 is 0 Å². The lowest BCUT2D eigenvalue weighted by Gasteiger charge is -2.00. The van der Waals surface area contributed by atoms with E-state index in [4.69, 9.17) is 0 Å². The molecular formula is C15H15NS. The summed E-state index contributed by atoms with van der Waals surface area (Å²) >= 11 is 1.83. The molecule has 0 aliphatic heterocycles. The second kappa shape index (κ2) is 3.74. The highest BCUT2D eigenvalue weighted by Crippen LogP contribution is 2.31. The van der Waals surface area contributed by atoms with E-state index >= 15 is 0 Å². The minimum absolute atomic E-state index is 1.23. The molecule has 0 fully saturated rings. The minimum atomic E-state index is 1.23. The molecule has 1 aromatic carbocycles. The average molecular weight is 241 g/mol. The second-order valence-corrected chi connectivity index (χ2v) is 5.85. The Morgan fingerprint density at radius 2 is 1.82 bits per heavy atom. The third-order valence-electron chi connectivity index (χ3n) is 3.33. The Labute approximate surface area is 105 Å². The van der Waals surface area contributed by atoms with Crippen molar-refractivity contribution >= 4 is 22.2 Å². The summed E-state index contributed by atoms with van der Waals surface area (Å²) < 4.78 is 0. The van der Waals surface area contributed by atoms with E-state index in [1.807, 2.05) is 11.3 Å². The molecule has 86 valence electrons. The molecule has 3 aromatic rings. The van der Waals surface area contributed by atoms with Crippen LogP contribution in [0.3, 0.4) is 0 Å². The fourth-order valence-electron chi connectivity index (χ4n) is 2.16. The Balaban J connectivity index is 2.23. The molecular weight excluding hydrogens is 226 g/mol. The summed E-state index contributed by atoms with van der Waals surface area (Å²) in [5, 5.41) is 1.30. The molecule has 0 amide bonds. The lowest BCUT2D eigenvalue weighted by molar-refractivity contribution is 1.34. The maximum atomic E-state index is 3.54. The fourth-order valence-corrected chi connectivity index (χ4v) is 3.00. The van der Waals surface area contributed by atoms with Crippen LogP contribution in [-0.4, -0.2) is 4.98 Å². The molecule has 17 heavy (non-hydrogen) atoms. The molecule has 2 heteroatoms. The van der Waals surface area contributed by atoms with Crippen LogP contribution in [-0.2, 0) is 0 Å². The summed E-state index contributed by atoms with van der Waals surface area (Å²) in [6, 6.07) is 11.0. The van der Waals surface area contributed by atoms with Gasteiger partial charge in [-0.25, -0.2) is 0 Å². The number of hydrogen-bond acceptors (Lipinski definition) is 1. The molecule has 1 nitrogen and oxygen atoms in total. The molecule has 3 rings (SSSR count). The molecule has 0 atom stereocenters. The van der Waals surface area contributed by atoms with E-state index in [1.165, 1.54) is 37.5 Å². The van der Waals surface area contributed by atoms with E-state index in [2.05, 4.69) is 56.1 Å². The maximum Gasteiger partial charge on any atom is 0.0566 e. The monoisotopic (exact) mass is 241 g/mol. The third kappa shape index (κ3) is 1.69. The molecule has 0 bridgehead atoms. The van der Waals surface area contributed by atoms with Crippen molar-refractivity contribution < 1.29 is 0 Å². The van der Waals surface area contributed by atoms with Crippen molar-refractivity contribution in [3.63, 3.8) is 0 Å². The van der Waals surface area contributed by atoms with Gasteiger partial charge in [0.15, 0.2) is 0 Å². The van der Waals surface area contributed by atoms with Gasteiger partial charge in [0.1, 0.15) is 0 Å². The number of aromatic amines is 1. The van der Waals surface area contributed by atoms with Crippen molar-refractivity contribution in [1.82, 2.24) is 4.98 Å². The number of benzene rings is 1. The SMILES string of the molecule is Cc1ccc(-c2cc3ccc(C)c(C)c3[nH]2)s1. The lowest BCUT2D eigenvalue weighted by atomic mass is 10.1. The van der Waals surface area contributed by atoms with E-state index in [0.29, 0.717) is 0 Å². The van der Waals surface area contributed by atoms with Crippen molar-refractivity contribution in [2.45, 2.75) is 20.8 Å². The van der Waals surface area contributed by atoms with Crippen molar-refractivity contribution in [2.24, 2.45) is 0 Å². The van der Waals surface area contributed by atoms with Crippen molar-refractivity contribution in [2.75, 3.05) is 0 Å². The van der Waals surface area contributed by atoms with Gasteiger partial charge in [-0.2, -0.15) is 0 Å². The van der Waals surface area contributed by atoms with E-state index in [-0.39, 0.29) is 0 Å². The molecule has 0 saturated carbocycles. The Hall–Kier alpha value is -1.54. The van der Waals surface area contributed by atoms with Crippen LogP contribution in [0.15, 0.2) is 30.3 Å². The number of thiophene rings is 1. The van der Waals surface area contributed by atoms with Gasteiger partial charge < -0.3 is 4.98 Å². The third-order valence-corrected chi connectivity index (χ3v) is 4.37. The number of rotatable bonds is 1. The average Bonchev–Trinajstić information content (AvgIpc) is 2.90. The number of aryl methyl sites for hydroxylation is 3. The van der Waals surface area contributed by atoms with Crippen LogP contribution in [0.2, 0.25) is 0 Å². The van der Waals surface area contributed by atoms with Crippen LogP contribution in [0.5, 0.6) is 0 Å². The fraction of sp³-hybridized carbons (Fsp3) is 0.200. The van der Waals surface area contributed by atoms with Gasteiger partial charge in [-0.1, -0.05) is 12.1 Å². The number of nitrogens with one attached hydrogen (secondary N) is 1. The topological polar surface area (TPSA) is 15.8 Å². The van der Waals surface area contributed by atoms with E-state index in [1.54, 1.807) is 0 Å². The molecule has 0 unspecified atom stereocenters. The second-order valence-electron chi connectivity index (χ2n) is 4.56. The van der Waals surface area contributed by atoms with Gasteiger partial charge >= 0.3 is 0 Å². The van der Waals surface area contributed by atoms with Crippen LogP contribution in [0, 0.1) is 20.8 Å². The standard InChI is InChI=1S/C15H15NS/c1-9-4-6-12-8-13(16-15(12)11(9)3)14-7-5-10(2)17-14/h4-8,16H,1-3H3. The smallest absolute Gasteiger partial charge is 0.0566 e. The van der Waals surface area contributed by atoms with Crippen molar-refractivity contribution in [3.05, 3.63) is 46.3 Å². The molecule has 2 heterocycles. The van der Waals surface area contributed by atoms with Gasteiger partial charge in [-0.15, -0.1) is 11.3 Å². The maximum absolute atomic E-state index is 3.54. The van der Waals surface area contributed by atoms with E-state index in [9.17, 15) is 0 Å². The zero-order valence-corrected chi connectivity index (χ0v) is 11.1. The Morgan fingerprint density at radius 1 is 1.00 bits per heavy atom. The van der Waals surface area contributed by atoms with Gasteiger partial charge in [0.25, 0.3) is 0 Å². The van der Waals surface area contributed by atoms with Gasteiger partial charge in [0.2, 0.25) is 0 Å². The van der Waals surface area contributed by atoms with Crippen LogP contribution in [0.1, 0.15) is 16.0 Å². The first kappa shape index (κ1) is 10.6. The summed E-state index contributed by atoms with van der Waals surface area (Å²) in [6.07, 6.45) is 0. The highest BCUT2D eigenvalue weighted by Gasteiger charge is 2.07. The largest absolute Gasteiger partial charge is 0.354 e. The highest BCUT2D eigenvalue weighted by molar-refractivity contribution is 7.15. The summed E-state index contributed by atoms with van der Waals surface area (Å²) in [5.74, 6) is 0. The van der Waals surface area contributed by atoms with Gasteiger partial charge in [0, 0.05) is 15.8 Å². The van der Waals surface area contributed by atoms with Crippen molar-refractivity contribution in [1.29, 1.82) is 0 Å². The Morgan fingerprint density at radius 3 is 2.53 bits per heavy atom. The number of hydrogen-bond donors (Lipinski definition) is 1. The van der Waals surface area contributed by atoms with Gasteiger partial charge in [-0.05, 0) is 50.1 Å². The van der Waals surface area contributed by atoms with Crippen LogP contribution < -0.4 is 0 Å². The zero-order valence-electron chi connectivity index (χ0n) is 10.3. The van der Waals surface area contributed by atoms with E-state index in [0.717, 1.165) is 0 Å². The Kier molecular flexibility index (Phi) is 2.33. The lowest BCUT2D eigenvalue weighted by Crippen LogP contribution is -1.81.